The number of carbonyl (C=O) groups excluding carboxylic acids is 1. The van der Waals surface area contributed by atoms with Crippen molar-refractivity contribution < 1.29 is 28.2 Å². The second-order valence-electron chi connectivity index (χ2n) is 12.9. The SMILES string of the molecule is CN(Cc1ccccc1)C1=N[C@]2(CO[Si](C)(C)C(C)(C)C)Oc3cc(OC(=O)OC(C)(C)C)ccc3C[C@@H]2O1. The molecule has 2 aromatic rings. The number of aliphatic imine (C=N–C) groups is 1. The molecule has 0 aliphatic carbocycles. The minimum absolute atomic E-state index is 0.0241. The molecule has 0 aromatic heterocycles. The number of benzene rings is 2. The average Bonchev–Trinajstić information content (AvgIpc) is 3.19. The van der Waals surface area contributed by atoms with Crippen molar-refractivity contribution in [3.05, 3.63) is 59.7 Å². The van der Waals surface area contributed by atoms with Crippen LogP contribution in [-0.2, 0) is 26.9 Å². The largest absolute Gasteiger partial charge is 0.514 e. The number of hydrogen-bond donors (Lipinski definition) is 0. The van der Waals surface area contributed by atoms with E-state index in [1.54, 1.807) is 32.9 Å². The van der Waals surface area contributed by atoms with Gasteiger partial charge in [-0.15, -0.1) is 0 Å². The van der Waals surface area contributed by atoms with Crippen LogP contribution in [0.3, 0.4) is 0 Å². The van der Waals surface area contributed by atoms with E-state index in [0.29, 0.717) is 30.5 Å². The molecule has 2 heterocycles. The van der Waals surface area contributed by atoms with E-state index in [2.05, 4.69) is 46.0 Å². The second kappa shape index (κ2) is 10.5. The van der Waals surface area contributed by atoms with Crippen LogP contribution in [0, 0.1) is 0 Å². The highest BCUT2D eigenvalue weighted by molar-refractivity contribution is 6.74. The maximum atomic E-state index is 12.3. The highest BCUT2D eigenvalue weighted by Crippen LogP contribution is 2.43. The van der Waals surface area contributed by atoms with Crippen LogP contribution < -0.4 is 9.47 Å². The lowest BCUT2D eigenvalue weighted by Gasteiger charge is -2.41. The molecule has 2 aliphatic rings. The van der Waals surface area contributed by atoms with Gasteiger partial charge in [0.25, 0.3) is 11.7 Å². The Bertz CT molecular complexity index is 1220. The summed E-state index contributed by atoms with van der Waals surface area (Å²) in [7, 11) is -0.152. The van der Waals surface area contributed by atoms with Crippen molar-refractivity contribution in [2.45, 2.75) is 90.1 Å². The van der Waals surface area contributed by atoms with E-state index >= 15 is 0 Å². The minimum atomic E-state index is -2.12. The third kappa shape index (κ3) is 6.76. The predicted molar refractivity (Wildman–Crippen MR) is 154 cm³/mol. The summed E-state index contributed by atoms with van der Waals surface area (Å²) in [5, 5.41) is 0.0241. The molecule has 2 aromatic carbocycles. The van der Waals surface area contributed by atoms with Crippen LogP contribution in [0.1, 0.15) is 52.7 Å². The molecule has 9 heteroatoms. The zero-order chi connectivity index (χ0) is 28.6. The molecule has 4 rings (SSSR count). The number of nitrogens with zero attached hydrogens (tertiary/aromatic N) is 2. The summed E-state index contributed by atoms with van der Waals surface area (Å²) in [4.78, 5) is 19.3. The van der Waals surface area contributed by atoms with Crippen LogP contribution in [0.15, 0.2) is 53.5 Å². The number of carbonyl (C=O) groups is 1. The standard InChI is InChI=1S/C30H42N2O6Si/c1-28(2,3)38-27(33)35-23-16-15-22-17-25-30(37-24(22)18-23,20-34-39(8,9)29(4,5)6)31-26(36-25)32(7)19-21-13-11-10-12-14-21/h10-16,18,25H,17,19-20H2,1-9H3/t25-,30+/m0/s1. The molecule has 0 bridgehead atoms. The van der Waals surface area contributed by atoms with Crippen LogP contribution in [0.4, 0.5) is 4.79 Å². The van der Waals surface area contributed by atoms with E-state index in [4.69, 9.17) is 28.4 Å². The van der Waals surface area contributed by atoms with Crippen molar-refractivity contribution in [3.8, 4) is 11.5 Å². The molecule has 0 spiro atoms. The summed E-state index contributed by atoms with van der Waals surface area (Å²) in [6.07, 6.45) is -0.547. The quantitative estimate of drug-likeness (QED) is 0.228. The molecular weight excluding hydrogens is 512 g/mol. The number of amidine groups is 1. The van der Waals surface area contributed by atoms with Crippen LogP contribution in [0.2, 0.25) is 18.1 Å². The monoisotopic (exact) mass is 554 g/mol. The maximum Gasteiger partial charge on any atom is 0.514 e. The van der Waals surface area contributed by atoms with Crippen molar-refractivity contribution in [2.75, 3.05) is 13.7 Å². The van der Waals surface area contributed by atoms with Crippen molar-refractivity contribution >= 4 is 20.5 Å². The summed E-state index contributed by atoms with van der Waals surface area (Å²) in [6, 6.07) is 16.1. The van der Waals surface area contributed by atoms with Crippen LogP contribution in [-0.4, -0.2) is 56.5 Å². The lowest BCUT2D eigenvalue weighted by molar-refractivity contribution is -0.0604. The normalized spacial score (nSPS) is 20.6. The minimum Gasteiger partial charge on any atom is -0.459 e. The first-order chi connectivity index (χ1) is 18.1. The Balaban J connectivity index is 1.61. The Morgan fingerprint density at radius 3 is 2.44 bits per heavy atom. The van der Waals surface area contributed by atoms with Gasteiger partial charge in [0.1, 0.15) is 17.1 Å². The van der Waals surface area contributed by atoms with Gasteiger partial charge in [-0.25, -0.2) is 4.79 Å². The van der Waals surface area contributed by atoms with Crippen molar-refractivity contribution in [1.82, 2.24) is 4.90 Å². The molecule has 0 amide bonds. The van der Waals surface area contributed by atoms with Gasteiger partial charge in [-0.2, -0.15) is 4.99 Å². The van der Waals surface area contributed by atoms with Gasteiger partial charge in [0.15, 0.2) is 14.4 Å². The lowest BCUT2D eigenvalue weighted by Crippen LogP contribution is -2.54. The van der Waals surface area contributed by atoms with E-state index < -0.39 is 25.8 Å². The Kier molecular flexibility index (Phi) is 7.80. The number of ether oxygens (including phenoxy) is 4. The molecule has 8 nitrogen and oxygen atoms in total. The van der Waals surface area contributed by atoms with Gasteiger partial charge >= 0.3 is 6.16 Å². The smallest absolute Gasteiger partial charge is 0.459 e. The first-order valence-electron chi connectivity index (χ1n) is 13.5. The van der Waals surface area contributed by atoms with Crippen LogP contribution in [0.5, 0.6) is 11.5 Å². The average molecular weight is 555 g/mol. The van der Waals surface area contributed by atoms with E-state index in [9.17, 15) is 4.79 Å². The maximum absolute atomic E-state index is 12.3. The summed E-state index contributed by atoms with van der Waals surface area (Å²) in [5.41, 5.74) is 0.383. The van der Waals surface area contributed by atoms with Gasteiger partial charge in [-0.3, -0.25) is 0 Å². The Hall–Kier alpha value is -3.04. The molecule has 0 saturated heterocycles. The summed E-state index contributed by atoms with van der Waals surface area (Å²) in [5.74, 6) is 0.927. The molecule has 0 unspecified atom stereocenters. The topological polar surface area (TPSA) is 78.8 Å². The first kappa shape index (κ1) is 29.0. The van der Waals surface area contributed by atoms with Crippen LogP contribution >= 0.6 is 0 Å². The lowest BCUT2D eigenvalue weighted by atomic mass is 9.95. The summed E-state index contributed by atoms with van der Waals surface area (Å²) >= 11 is 0. The Labute approximate surface area is 233 Å². The van der Waals surface area contributed by atoms with Gasteiger partial charge in [0.2, 0.25) is 0 Å². The van der Waals surface area contributed by atoms with Gasteiger partial charge in [-0.1, -0.05) is 57.2 Å². The van der Waals surface area contributed by atoms with Gasteiger partial charge in [0, 0.05) is 26.1 Å². The van der Waals surface area contributed by atoms with Gasteiger partial charge < -0.3 is 28.3 Å². The van der Waals surface area contributed by atoms with Gasteiger partial charge in [0.05, 0.1) is 6.61 Å². The third-order valence-corrected chi connectivity index (χ3v) is 11.9. The highest BCUT2D eigenvalue weighted by Gasteiger charge is 2.54. The Morgan fingerprint density at radius 2 is 1.79 bits per heavy atom. The number of hydrogen-bond acceptors (Lipinski definition) is 8. The predicted octanol–water partition coefficient (Wildman–Crippen LogP) is 6.54. The van der Waals surface area contributed by atoms with E-state index in [-0.39, 0.29) is 17.7 Å². The number of fused-ring (bicyclic) bond motifs is 2. The fourth-order valence-electron chi connectivity index (χ4n) is 4.14. The van der Waals surface area contributed by atoms with E-state index in [1.165, 1.54) is 0 Å². The van der Waals surface area contributed by atoms with E-state index in [0.717, 1.165) is 11.1 Å². The zero-order valence-electron chi connectivity index (χ0n) is 24.7. The fourth-order valence-corrected chi connectivity index (χ4v) is 5.14. The van der Waals surface area contributed by atoms with Gasteiger partial charge in [-0.05, 0) is 56.1 Å². The molecule has 0 radical (unpaired) electrons. The molecule has 212 valence electrons. The molecule has 0 fully saturated rings. The van der Waals surface area contributed by atoms with Crippen molar-refractivity contribution in [3.63, 3.8) is 0 Å². The van der Waals surface area contributed by atoms with E-state index in [1.807, 2.05) is 36.2 Å². The number of rotatable bonds is 6. The zero-order valence-corrected chi connectivity index (χ0v) is 25.7. The molecule has 2 atom stereocenters. The summed E-state index contributed by atoms with van der Waals surface area (Å²) < 4.78 is 30.5. The van der Waals surface area contributed by atoms with Crippen molar-refractivity contribution in [1.29, 1.82) is 0 Å². The highest BCUT2D eigenvalue weighted by atomic mass is 28.4. The van der Waals surface area contributed by atoms with Crippen LogP contribution in [0.25, 0.3) is 0 Å². The molecule has 0 N–H and O–H groups in total. The first-order valence-corrected chi connectivity index (χ1v) is 16.4. The Morgan fingerprint density at radius 1 is 1.10 bits per heavy atom. The second-order valence-corrected chi connectivity index (χ2v) is 17.7. The fraction of sp³-hybridized carbons (Fsp3) is 0.533. The summed E-state index contributed by atoms with van der Waals surface area (Å²) in [6.45, 7) is 17.3. The van der Waals surface area contributed by atoms with Crippen molar-refractivity contribution in [2.24, 2.45) is 4.99 Å². The molecule has 39 heavy (non-hydrogen) atoms. The molecule has 0 saturated carbocycles. The third-order valence-electron chi connectivity index (χ3n) is 7.39. The molecular formula is C30H42N2O6Si. The molecule has 2 aliphatic heterocycles.